The van der Waals surface area contributed by atoms with E-state index in [9.17, 15) is 8.42 Å². The molecule has 2 rings (SSSR count). The third-order valence-corrected chi connectivity index (χ3v) is 6.95. The van der Waals surface area contributed by atoms with E-state index in [0.717, 1.165) is 0 Å². The summed E-state index contributed by atoms with van der Waals surface area (Å²) in [6.45, 7) is 4.65. The molecule has 1 aromatic heterocycles. The molecule has 1 aliphatic heterocycles. The number of aliphatic hydroxyl groups is 1. The van der Waals surface area contributed by atoms with E-state index in [1.807, 2.05) is 13.8 Å². The summed E-state index contributed by atoms with van der Waals surface area (Å²) < 4.78 is 32.7. The van der Waals surface area contributed by atoms with E-state index in [1.54, 1.807) is 0 Å². The summed E-state index contributed by atoms with van der Waals surface area (Å²) in [5.74, 6) is 0. The normalized spacial score (nSPS) is 20.6. The molecule has 0 aliphatic carbocycles. The summed E-state index contributed by atoms with van der Waals surface area (Å²) in [7, 11) is -3.55. The van der Waals surface area contributed by atoms with Gasteiger partial charge in [-0.15, -0.1) is 11.3 Å². The quantitative estimate of drug-likeness (QED) is 0.881. The third-order valence-electron chi connectivity index (χ3n) is 2.87. The predicted octanol–water partition coefficient (Wildman–Crippen LogP) is 1.80. The molecule has 1 saturated heterocycles. The highest BCUT2D eigenvalue weighted by Crippen LogP contribution is 2.34. The molecule has 5 nitrogen and oxygen atoms in total. The van der Waals surface area contributed by atoms with Crippen molar-refractivity contribution in [1.29, 1.82) is 0 Å². The van der Waals surface area contributed by atoms with Crippen LogP contribution in [0.3, 0.4) is 0 Å². The van der Waals surface area contributed by atoms with Gasteiger partial charge in [0.15, 0.2) is 0 Å². The van der Waals surface area contributed by atoms with Gasteiger partial charge in [-0.2, -0.15) is 4.31 Å². The van der Waals surface area contributed by atoms with Gasteiger partial charge in [-0.3, -0.25) is 0 Å². The SMILES string of the molecule is CC1(C)CN(S(=O)(=O)c2cc(CO)sc2Br)CCO1. The fraction of sp³-hybridized carbons (Fsp3) is 0.636. The molecule has 0 amide bonds. The lowest BCUT2D eigenvalue weighted by atomic mass is 10.1. The van der Waals surface area contributed by atoms with Gasteiger partial charge in [0.05, 0.1) is 22.6 Å². The zero-order valence-corrected chi connectivity index (χ0v) is 13.9. The largest absolute Gasteiger partial charge is 0.391 e. The van der Waals surface area contributed by atoms with Gasteiger partial charge in [-0.1, -0.05) is 0 Å². The molecule has 0 aromatic carbocycles. The maximum Gasteiger partial charge on any atom is 0.245 e. The van der Waals surface area contributed by atoms with Crippen LogP contribution in [0.25, 0.3) is 0 Å². The molecule has 1 aliphatic rings. The Bertz CT molecular complexity index is 567. The molecule has 1 N–H and O–H groups in total. The van der Waals surface area contributed by atoms with Crippen LogP contribution < -0.4 is 0 Å². The first-order chi connectivity index (χ1) is 8.76. The molecule has 0 bridgehead atoms. The van der Waals surface area contributed by atoms with Crippen molar-refractivity contribution in [2.75, 3.05) is 19.7 Å². The Morgan fingerprint density at radius 1 is 1.58 bits per heavy atom. The Morgan fingerprint density at radius 3 is 2.79 bits per heavy atom. The van der Waals surface area contributed by atoms with Gasteiger partial charge in [0.1, 0.15) is 4.90 Å². The number of nitrogens with zero attached hydrogens (tertiary/aromatic N) is 1. The van der Waals surface area contributed by atoms with Crippen LogP contribution in [0.15, 0.2) is 14.7 Å². The standard InChI is InChI=1S/C11H16BrNO4S2/c1-11(2)7-13(3-4-17-11)19(15,16)9-5-8(6-14)18-10(9)12/h5,14H,3-4,6-7H2,1-2H3. The van der Waals surface area contributed by atoms with Gasteiger partial charge < -0.3 is 9.84 Å². The lowest BCUT2D eigenvalue weighted by molar-refractivity contribution is -0.0640. The number of thiophene rings is 1. The fourth-order valence-electron chi connectivity index (χ4n) is 1.97. The lowest BCUT2D eigenvalue weighted by Gasteiger charge is -2.37. The molecule has 0 unspecified atom stereocenters. The van der Waals surface area contributed by atoms with Crippen LogP contribution in [-0.4, -0.2) is 43.1 Å². The number of halogens is 1. The zero-order valence-electron chi connectivity index (χ0n) is 10.7. The summed E-state index contributed by atoms with van der Waals surface area (Å²) in [5.41, 5.74) is -0.479. The first-order valence-corrected chi connectivity index (χ1v) is 8.84. The van der Waals surface area contributed by atoms with Crippen molar-refractivity contribution in [3.8, 4) is 0 Å². The highest BCUT2D eigenvalue weighted by molar-refractivity contribution is 9.11. The number of morpholine rings is 1. The van der Waals surface area contributed by atoms with Crippen molar-refractivity contribution in [2.24, 2.45) is 0 Å². The van der Waals surface area contributed by atoms with E-state index >= 15 is 0 Å². The summed E-state index contributed by atoms with van der Waals surface area (Å²) in [6, 6.07) is 1.52. The second-order valence-corrected chi connectivity index (χ2v) is 9.32. The summed E-state index contributed by atoms with van der Waals surface area (Å²) in [5, 5.41) is 9.10. The van der Waals surface area contributed by atoms with E-state index < -0.39 is 15.6 Å². The van der Waals surface area contributed by atoms with Crippen LogP contribution in [0.1, 0.15) is 18.7 Å². The van der Waals surface area contributed by atoms with E-state index in [0.29, 0.717) is 28.4 Å². The first kappa shape index (κ1) is 15.4. The van der Waals surface area contributed by atoms with E-state index in [1.165, 1.54) is 21.7 Å². The van der Waals surface area contributed by atoms with E-state index in [-0.39, 0.29) is 11.5 Å². The molecular formula is C11H16BrNO4S2. The summed E-state index contributed by atoms with van der Waals surface area (Å²) in [4.78, 5) is 0.845. The molecule has 0 spiro atoms. The third kappa shape index (κ3) is 3.20. The predicted molar refractivity (Wildman–Crippen MR) is 76.7 cm³/mol. The average Bonchev–Trinajstić information content (AvgIpc) is 2.70. The summed E-state index contributed by atoms with van der Waals surface area (Å²) in [6.07, 6.45) is 0. The van der Waals surface area contributed by atoms with E-state index in [4.69, 9.17) is 9.84 Å². The number of sulfonamides is 1. The number of hydrogen-bond donors (Lipinski definition) is 1. The molecule has 8 heteroatoms. The van der Waals surface area contributed by atoms with Crippen LogP contribution >= 0.6 is 27.3 Å². The monoisotopic (exact) mass is 369 g/mol. The van der Waals surface area contributed by atoms with Gasteiger partial charge in [-0.25, -0.2) is 8.42 Å². The number of ether oxygens (including phenoxy) is 1. The van der Waals surface area contributed by atoms with Crippen molar-refractivity contribution in [3.63, 3.8) is 0 Å². The number of rotatable bonds is 3. The second-order valence-electron chi connectivity index (χ2n) is 4.96. The van der Waals surface area contributed by atoms with Crippen molar-refractivity contribution in [3.05, 3.63) is 14.7 Å². The maximum atomic E-state index is 12.6. The molecule has 1 fully saturated rings. The van der Waals surface area contributed by atoms with Crippen molar-refractivity contribution in [1.82, 2.24) is 4.31 Å². The Morgan fingerprint density at radius 2 is 2.26 bits per heavy atom. The van der Waals surface area contributed by atoms with Crippen LogP contribution in [-0.2, 0) is 21.4 Å². The minimum absolute atomic E-state index is 0.159. The zero-order chi connectivity index (χ0) is 14.3. The van der Waals surface area contributed by atoms with Gasteiger partial charge in [0.2, 0.25) is 10.0 Å². The highest BCUT2D eigenvalue weighted by atomic mass is 79.9. The minimum atomic E-state index is -3.55. The Labute approximate surface area is 125 Å². The second kappa shape index (κ2) is 5.42. The number of aliphatic hydroxyl groups excluding tert-OH is 1. The maximum absolute atomic E-state index is 12.6. The van der Waals surface area contributed by atoms with Crippen molar-refractivity contribution in [2.45, 2.75) is 31.0 Å². The van der Waals surface area contributed by atoms with Gasteiger partial charge >= 0.3 is 0 Å². The lowest BCUT2D eigenvalue weighted by Crippen LogP contribution is -2.50. The van der Waals surface area contributed by atoms with Crippen LogP contribution in [0.4, 0.5) is 0 Å². The van der Waals surface area contributed by atoms with Crippen LogP contribution in [0.2, 0.25) is 0 Å². The van der Waals surface area contributed by atoms with Gasteiger partial charge in [0.25, 0.3) is 0 Å². The Hall–Kier alpha value is 0.01000. The average molecular weight is 370 g/mol. The highest BCUT2D eigenvalue weighted by Gasteiger charge is 2.36. The molecule has 1 aromatic rings. The smallest absolute Gasteiger partial charge is 0.245 e. The Balaban J connectivity index is 2.34. The molecule has 2 heterocycles. The van der Waals surface area contributed by atoms with Gasteiger partial charge in [-0.05, 0) is 35.8 Å². The molecule has 0 saturated carbocycles. The topological polar surface area (TPSA) is 66.8 Å². The number of hydrogen-bond acceptors (Lipinski definition) is 5. The molecule has 0 atom stereocenters. The van der Waals surface area contributed by atoms with Gasteiger partial charge in [0, 0.05) is 18.0 Å². The van der Waals surface area contributed by atoms with Crippen LogP contribution in [0, 0.1) is 0 Å². The first-order valence-electron chi connectivity index (χ1n) is 5.79. The fourth-order valence-corrected chi connectivity index (χ4v) is 6.04. The van der Waals surface area contributed by atoms with Crippen molar-refractivity contribution < 1.29 is 18.3 Å². The molecule has 0 radical (unpaired) electrons. The molecule has 108 valence electrons. The Kier molecular flexibility index (Phi) is 4.39. The van der Waals surface area contributed by atoms with Crippen LogP contribution in [0.5, 0.6) is 0 Å². The molecular weight excluding hydrogens is 354 g/mol. The van der Waals surface area contributed by atoms with E-state index in [2.05, 4.69) is 15.9 Å². The minimum Gasteiger partial charge on any atom is -0.391 e. The summed E-state index contributed by atoms with van der Waals surface area (Å²) >= 11 is 4.49. The van der Waals surface area contributed by atoms with Crippen molar-refractivity contribution >= 4 is 37.3 Å². The molecule has 19 heavy (non-hydrogen) atoms.